The number of piperazine rings is 1. The molecule has 3 heterocycles. The van der Waals surface area contributed by atoms with Crippen LogP contribution in [-0.2, 0) is 11.3 Å². The van der Waals surface area contributed by atoms with Gasteiger partial charge in [-0.1, -0.05) is 17.7 Å². The first kappa shape index (κ1) is 17.7. The number of aryl methyl sites for hydroxylation is 1. The summed E-state index contributed by atoms with van der Waals surface area (Å²) in [5.74, 6) is -0.793. The molecule has 27 heavy (non-hydrogen) atoms. The number of carbonyl (C=O) groups is 1. The van der Waals surface area contributed by atoms with Crippen LogP contribution >= 0.6 is 0 Å². The number of benzene rings is 1. The molecule has 0 spiro atoms. The van der Waals surface area contributed by atoms with Crippen molar-refractivity contribution in [2.75, 3.05) is 26.2 Å². The molecule has 1 saturated heterocycles. The van der Waals surface area contributed by atoms with Gasteiger partial charge in [-0.25, -0.2) is 0 Å². The second-order valence-electron chi connectivity index (χ2n) is 7.21. The van der Waals surface area contributed by atoms with Crippen LogP contribution in [0, 0.1) is 6.92 Å². The summed E-state index contributed by atoms with van der Waals surface area (Å²) in [7, 11) is 0. The second kappa shape index (κ2) is 7.50. The number of nitrogens with one attached hydrogen (secondary N) is 1. The lowest BCUT2D eigenvalue weighted by Crippen LogP contribution is -2.48. The van der Waals surface area contributed by atoms with E-state index >= 15 is 0 Å². The second-order valence-corrected chi connectivity index (χ2v) is 7.21. The van der Waals surface area contributed by atoms with Crippen molar-refractivity contribution in [1.29, 1.82) is 0 Å². The SMILES string of the molecule is Cc1ccc2[nH]cc(C(C(=O)O)N3CCN(Cc4cccnc4)CC3)c2c1. The van der Waals surface area contributed by atoms with Crippen molar-refractivity contribution in [3.05, 3.63) is 65.6 Å². The molecular formula is C21H24N4O2. The third-order valence-corrected chi connectivity index (χ3v) is 5.30. The van der Waals surface area contributed by atoms with Crippen LogP contribution in [0.3, 0.4) is 0 Å². The van der Waals surface area contributed by atoms with E-state index in [2.05, 4.69) is 31.9 Å². The third kappa shape index (κ3) is 3.72. The number of rotatable bonds is 5. The van der Waals surface area contributed by atoms with Crippen LogP contribution in [0.4, 0.5) is 0 Å². The summed E-state index contributed by atoms with van der Waals surface area (Å²) in [6.07, 6.45) is 5.52. The third-order valence-electron chi connectivity index (χ3n) is 5.30. The van der Waals surface area contributed by atoms with Crippen LogP contribution < -0.4 is 0 Å². The predicted molar refractivity (Wildman–Crippen MR) is 104 cm³/mol. The lowest BCUT2D eigenvalue weighted by molar-refractivity contribution is -0.144. The maximum atomic E-state index is 12.1. The highest BCUT2D eigenvalue weighted by molar-refractivity contribution is 5.89. The molecule has 0 radical (unpaired) electrons. The summed E-state index contributed by atoms with van der Waals surface area (Å²) in [6.45, 7) is 6.04. The van der Waals surface area contributed by atoms with Crippen LogP contribution in [-0.4, -0.2) is 57.0 Å². The lowest BCUT2D eigenvalue weighted by Gasteiger charge is -2.37. The maximum absolute atomic E-state index is 12.1. The van der Waals surface area contributed by atoms with E-state index in [9.17, 15) is 9.90 Å². The Labute approximate surface area is 158 Å². The molecule has 6 heteroatoms. The summed E-state index contributed by atoms with van der Waals surface area (Å²) in [6, 6.07) is 9.52. The van der Waals surface area contributed by atoms with Crippen LogP contribution in [0.15, 0.2) is 48.9 Å². The normalized spacial score (nSPS) is 17.2. The van der Waals surface area contributed by atoms with E-state index in [4.69, 9.17) is 0 Å². The van der Waals surface area contributed by atoms with E-state index in [0.717, 1.165) is 54.8 Å². The molecule has 4 rings (SSSR count). The first-order valence-corrected chi connectivity index (χ1v) is 9.27. The van der Waals surface area contributed by atoms with Gasteiger partial charge < -0.3 is 10.1 Å². The van der Waals surface area contributed by atoms with E-state index in [1.165, 1.54) is 5.56 Å². The summed E-state index contributed by atoms with van der Waals surface area (Å²) < 4.78 is 0. The fraction of sp³-hybridized carbons (Fsp3) is 0.333. The lowest BCUT2D eigenvalue weighted by atomic mass is 10.0. The van der Waals surface area contributed by atoms with Crippen molar-refractivity contribution in [2.45, 2.75) is 19.5 Å². The van der Waals surface area contributed by atoms with Gasteiger partial charge in [-0.05, 0) is 30.7 Å². The smallest absolute Gasteiger partial charge is 0.325 e. The van der Waals surface area contributed by atoms with Crippen molar-refractivity contribution in [2.24, 2.45) is 0 Å². The minimum absolute atomic E-state index is 0.624. The average molecular weight is 364 g/mol. The van der Waals surface area contributed by atoms with Gasteiger partial charge in [0.05, 0.1) is 0 Å². The monoisotopic (exact) mass is 364 g/mol. The Bertz CT molecular complexity index is 930. The molecule has 0 aliphatic carbocycles. The zero-order chi connectivity index (χ0) is 18.8. The van der Waals surface area contributed by atoms with E-state index in [0.29, 0.717) is 0 Å². The molecule has 1 aromatic carbocycles. The Balaban J connectivity index is 1.50. The molecule has 0 amide bonds. The quantitative estimate of drug-likeness (QED) is 0.728. The van der Waals surface area contributed by atoms with E-state index in [1.807, 2.05) is 37.5 Å². The van der Waals surface area contributed by atoms with Gasteiger partial charge in [0.2, 0.25) is 0 Å². The highest BCUT2D eigenvalue weighted by atomic mass is 16.4. The molecule has 0 saturated carbocycles. The minimum atomic E-state index is -0.793. The predicted octanol–water partition coefficient (Wildman–Crippen LogP) is 2.81. The zero-order valence-electron chi connectivity index (χ0n) is 15.4. The number of aromatic nitrogens is 2. The highest BCUT2D eigenvalue weighted by Crippen LogP contribution is 2.30. The Hall–Kier alpha value is -2.70. The number of nitrogens with zero attached hydrogens (tertiary/aromatic N) is 3. The number of carboxylic acid groups (broad SMARTS) is 1. The Morgan fingerprint density at radius 2 is 2.07 bits per heavy atom. The van der Waals surface area contributed by atoms with Crippen molar-refractivity contribution in [3.8, 4) is 0 Å². The number of aliphatic carboxylic acids is 1. The molecule has 1 aliphatic rings. The highest BCUT2D eigenvalue weighted by Gasteiger charge is 2.32. The van der Waals surface area contributed by atoms with Gasteiger partial charge >= 0.3 is 5.97 Å². The first-order chi connectivity index (χ1) is 13.1. The number of pyridine rings is 1. The van der Waals surface area contributed by atoms with Crippen molar-refractivity contribution in [3.63, 3.8) is 0 Å². The number of hydrogen-bond donors (Lipinski definition) is 2. The summed E-state index contributed by atoms with van der Waals surface area (Å²) in [5, 5.41) is 10.9. The summed E-state index contributed by atoms with van der Waals surface area (Å²) in [4.78, 5) is 23.9. The maximum Gasteiger partial charge on any atom is 0.325 e. The van der Waals surface area contributed by atoms with Crippen LogP contribution in [0.1, 0.15) is 22.7 Å². The van der Waals surface area contributed by atoms with Crippen molar-refractivity contribution in [1.82, 2.24) is 19.8 Å². The number of fused-ring (bicyclic) bond motifs is 1. The van der Waals surface area contributed by atoms with Crippen LogP contribution in [0.2, 0.25) is 0 Å². The average Bonchev–Trinajstić information content (AvgIpc) is 3.07. The summed E-state index contributed by atoms with van der Waals surface area (Å²) in [5.41, 5.74) is 4.15. The van der Waals surface area contributed by atoms with E-state index in [1.54, 1.807) is 6.20 Å². The van der Waals surface area contributed by atoms with Crippen LogP contribution in [0.25, 0.3) is 10.9 Å². The van der Waals surface area contributed by atoms with E-state index < -0.39 is 12.0 Å². The van der Waals surface area contributed by atoms with Gasteiger partial charge in [0.1, 0.15) is 6.04 Å². The van der Waals surface area contributed by atoms with Gasteiger partial charge in [0.15, 0.2) is 0 Å². The molecule has 1 atom stereocenters. The molecule has 6 nitrogen and oxygen atoms in total. The Morgan fingerprint density at radius 3 is 2.78 bits per heavy atom. The first-order valence-electron chi connectivity index (χ1n) is 9.27. The van der Waals surface area contributed by atoms with Gasteiger partial charge in [0.25, 0.3) is 0 Å². The standard InChI is InChI=1S/C21H24N4O2/c1-15-4-5-19-17(11-15)18(13-23-19)20(21(26)27)25-9-7-24(8-10-25)14-16-3-2-6-22-12-16/h2-6,11-13,20,23H,7-10,14H2,1H3,(H,26,27). The number of carboxylic acids is 1. The number of hydrogen-bond acceptors (Lipinski definition) is 4. The zero-order valence-corrected chi connectivity index (χ0v) is 15.4. The molecule has 2 aromatic heterocycles. The van der Waals surface area contributed by atoms with Gasteiger partial charge in [-0.15, -0.1) is 0 Å². The van der Waals surface area contributed by atoms with Crippen molar-refractivity contribution >= 4 is 16.9 Å². The number of aromatic amines is 1. The molecule has 2 N–H and O–H groups in total. The molecular weight excluding hydrogens is 340 g/mol. The van der Waals surface area contributed by atoms with Gasteiger partial charge in [-0.2, -0.15) is 0 Å². The molecule has 0 bridgehead atoms. The Kier molecular flexibility index (Phi) is 4.92. The minimum Gasteiger partial charge on any atom is -0.480 e. The number of H-pyrrole nitrogens is 1. The topological polar surface area (TPSA) is 72.5 Å². The van der Waals surface area contributed by atoms with Gasteiger partial charge in [-0.3, -0.25) is 19.6 Å². The van der Waals surface area contributed by atoms with Crippen LogP contribution in [0.5, 0.6) is 0 Å². The van der Waals surface area contributed by atoms with E-state index in [-0.39, 0.29) is 0 Å². The van der Waals surface area contributed by atoms with Gasteiger partial charge in [0, 0.05) is 67.8 Å². The fourth-order valence-electron chi connectivity index (χ4n) is 3.90. The fourth-order valence-corrected chi connectivity index (χ4v) is 3.90. The molecule has 1 fully saturated rings. The molecule has 1 aliphatic heterocycles. The molecule has 1 unspecified atom stereocenters. The van der Waals surface area contributed by atoms with Crippen molar-refractivity contribution < 1.29 is 9.90 Å². The molecule has 3 aromatic rings. The largest absolute Gasteiger partial charge is 0.480 e. The summed E-state index contributed by atoms with van der Waals surface area (Å²) >= 11 is 0. The Morgan fingerprint density at radius 1 is 1.26 bits per heavy atom. The molecule has 140 valence electrons.